The van der Waals surface area contributed by atoms with Crippen molar-refractivity contribution in [3.8, 4) is 11.5 Å². The van der Waals surface area contributed by atoms with Crippen molar-refractivity contribution >= 4 is 8.60 Å². The molecule has 0 spiro atoms. The first-order valence-corrected chi connectivity index (χ1v) is 12.6. The second kappa shape index (κ2) is 8.99. The van der Waals surface area contributed by atoms with E-state index in [9.17, 15) is 4.89 Å². The summed E-state index contributed by atoms with van der Waals surface area (Å²) in [5, 5.41) is 0. The zero-order valence-electron chi connectivity index (χ0n) is 22.2. The Morgan fingerprint density at radius 3 is 1.44 bits per heavy atom. The second-order valence-corrected chi connectivity index (χ2v) is 13.7. The Morgan fingerprint density at radius 1 is 0.531 bits per heavy atom. The molecule has 0 saturated heterocycles. The molecule has 0 heterocycles. The molecule has 0 aliphatic heterocycles. The lowest BCUT2D eigenvalue weighted by Gasteiger charge is -2.29. The molecular weight excluding hydrogens is 415 g/mol. The number of hydrogen-bond acceptors (Lipinski definition) is 3. The molecule has 178 valence electrons. The van der Waals surface area contributed by atoms with E-state index >= 15 is 0 Å². The molecule has 0 bridgehead atoms. The van der Waals surface area contributed by atoms with E-state index in [1.54, 1.807) is 0 Å². The van der Waals surface area contributed by atoms with Gasteiger partial charge in [-0.2, -0.15) is 0 Å². The Labute approximate surface area is 197 Å². The van der Waals surface area contributed by atoms with Crippen LogP contribution in [0.2, 0.25) is 0 Å². The molecule has 2 rings (SSSR count). The van der Waals surface area contributed by atoms with Crippen LogP contribution in [0.5, 0.6) is 11.5 Å². The minimum atomic E-state index is -2.15. The fourth-order valence-corrected chi connectivity index (χ4v) is 4.22. The summed E-state index contributed by atoms with van der Waals surface area (Å²) in [6.45, 7) is 26.1. The SMILES string of the molecule is CC(C)(C)c1ccc(C(C)(C)C)c(OP(O)Oc2ccc(C(C)(C)C)cc2C(C)(C)C)c1. The molecule has 0 amide bonds. The van der Waals surface area contributed by atoms with Crippen molar-refractivity contribution in [1.29, 1.82) is 0 Å². The standard InChI is InChI=1S/C28H43O3P/c1-25(2,3)19-14-16-23(22(17-19)28(10,11)12)30-32(29)31-24-18-20(26(4,5)6)13-15-21(24)27(7,8)9/h13-18,29H,1-12H3. The van der Waals surface area contributed by atoms with Crippen LogP contribution in [0.15, 0.2) is 36.4 Å². The van der Waals surface area contributed by atoms with Gasteiger partial charge >= 0.3 is 8.60 Å². The Hall–Kier alpha value is -1.57. The average Bonchev–Trinajstić information content (AvgIpc) is 2.58. The third-order valence-corrected chi connectivity index (χ3v) is 6.37. The first-order valence-electron chi connectivity index (χ1n) is 11.4. The fraction of sp³-hybridized carbons (Fsp3) is 0.571. The minimum absolute atomic E-state index is 0.0181. The summed E-state index contributed by atoms with van der Waals surface area (Å²) in [7, 11) is -2.15. The zero-order valence-corrected chi connectivity index (χ0v) is 23.1. The summed E-state index contributed by atoms with van der Waals surface area (Å²) in [6.07, 6.45) is 0. The molecule has 0 fully saturated rings. The summed E-state index contributed by atoms with van der Waals surface area (Å²) in [6, 6.07) is 12.5. The molecule has 0 aliphatic carbocycles. The van der Waals surface area contributed by atoms with Crippen LogP contribution >= 0.6 is 8.60 Å². The molecule has 2 aromatic rings. The first kappa shape index (κ1) is 26.7. The van der Waals surface area contributed by atoms with Crippen molar-refractivity contribution in [2.75, 3.05) is 0 Å². The van der Waals surface area contributed by atoms with E-state index in [4.69, 9.17) is 9.05 Å². The van der Waals surface area contributed by atoms with Crippen LogP contribution in [0, 0.1) is 0 Å². The van der Waals surface area contributed by atoms with Gasteiger partial charge in [0.05, 0.1) is 0 Å². The fourth-order valence-electron chi connectivity index (χ4n) is 3.53. The average molecular weight is 459 g/mol. The van der Waals surface area contributed by atoms with Gasteiger partial charge in [-0.15, -0.1) is 0 Å². The molecule has 1 unspecified atom stereocenters. The number of hydrogen-bond donors (Lipinski definition) is 1. The van der Waals surface area contributed by atoms with Gasteiger partial charge in [-0.1, -0.05) is 107 Å². The highest BCUT2D eigenvalue weighted by molar-refractivity contribution is 7.41. The summed E-state index contributed by atoms with van der Waals surface area (Å²) in [4.78, 5) is 10.9. The van der Waals surface area contributed by atoms with Gasteiger partial charge < -0.3 is 13.9 Å². The third kappa shape index (κ3) is 6.72. The Morgan fingerprint density at radius 2 is 0.969 bits per heavy atom. The van der Waals surface area contributed by atoms with Crippen LogP contribution in [-0.2, 0) is 21.7 Å². The maximum absolute atomic E-state index is 10.9. The maximum Gasteiger partial charge on any atom is 0.460 e. The van der Waals surface area contributed by atoms with Crippen molar-refractivity contribution in [2.24, 2.45) is 0 Å². The molecule has 4 heteroatoms. The number of rotatable bonds is 4. The van der Waals surface area contributed by atoms with Gasteiger partial charge in [-0.25, -0.2) is 0 Å². The van der Waals surface area contributed by atoms with Crippen LogP contribution in [0.1, 0.15) is 105 Å². The Kier molecular flexibility index (Phi) is 7.50. The van der Waals surface area contributed by atoms with E-state index in [0.29, 0.717) is 11.5 Å². The summed E-state index contributed by atoms with van der Waals surface area (Å²) in [5.74, 6) is 1.35. The van der Waals surface area contributed by atoms with Gasteiger partial charge in [-0.3, -0.25) is 0 Å². The molecule has 2 aromatic carbocycles. The molecular formula is C28H43O3P. The van der Waals surface area contributed by atoms with E-state index in [-0.39, 0.29) is 21.7 Å². The molecule has 32 heavy (non-hydrogen) atoms. The topological polar surface area (TPSA) is 38.7 Å². The molecule has 0 aliphatic rings. The van der Waals surface area contributed by atoms with Gasteiger partial charge in [0.1, 0.15) is 11.5 Å². The predicted octanol–water partition coefficient (Wildman–Crippen LogP) is 8.55. The van der Waals surface area contributed by atoms with Crippen LogP contribution in [0.4, 0.5) is 0 Å². The van der Waals surface area contributed by atoms with Gasteiger partial charge in [0.15, 0.2) is 0 Å². The van der Waals surface area contributed by atoms with E-state index in [0.717, 1.165) is 16.7 Å². The molecule has 1 atom stereocenters. The molecule has 3 nitrogen and oxygen atoms in total. The van der Waals surface area contributed by atoms with Gasteiger partial charge in [0.25, 0.3) is 0 Å². The smallest absolute Gasteiger partial charge is 0.418 e. The van der Waals surface area contributed by atoms with E-state index in [2.05, 4.69) is 107 Å². The van der Waals surface area contributed by atoms with Crippen LogP contribution in [0.25, 0.3) is 0 Å². The lowest BCUT2D eigenvalue weighted by molar-refractivity contribution is 0.370. The molecule has 0 saturated carbocycles. The van der Waals surface area contributed by atoms with Gasteiger partial charge in [0, 0.05) is 11.1 Å². The summed E-state index contributed by atoms with van der Waals surface area (Å²) in [5.41, 5.74) is 4.29. The lowest BCUT2D eigenvalue weighted by atomic mass is 9.80. The van der Waals surface area contributed by atoms with Gasteiger partial charge in [0.2, 0.25) is 0 Å². The van der Waals surface area contributed by atoms with E-state index in [1.807, 2.05) is 12.1 Å². The summed E-state index contributed by atoms with van der Waals surface area (Å²) >= 11 is 0. The predicted molar refractivity (Wildman–Crippen MR) is 138 cm³/mol. The van der Waals surface area contributed by atoms with Crippen LogP contribution in [0.3, 0.4) is 0 Å². The van der Waals surface area contributed by atoms with E-state index < -0.39 is 8.60 Å². The lowest BCUT2D eigenvalue weighted by Crippen LogP contribution is -2.18. The molecule has 1 N–H and O–H groups in total. The molecule has 0 aromatic heterocycles. The quantitative estimate of drug-likeness (QED) is 0.466. The van der Waals surface area contributed by atoms with Crippen molar-refractivity contribution in [2.45, 2.75) is 105 Å². The number of benzene rings is 2. The Balaban J connectivity index is 2.42. The highest BCUT2D eigenvalue weighted by Gasteiger charge is 2.28. The van der Waals surface area contributed by atoms with E-state index in [1.165, 1.54) is 5.56 Å². The Bertz CT molecular complexity index is 935. The monoisotopic (exact) mass is 458 g/mol. The minimum Gasteiger partial charge on any atom is -0.418 e. The highest BCUT2D eigenvalue weighted by Crippen LogP contribution is 2.45. The van der Waals surface area contributed by atoms with Gasteiger partial charge in [-0.05, 0) is 44.9 Å². The van der Waals surface area contributed by atoms with Crippen LogP contribution < -0.4 is 9.05 Å². The first-order chi connectivity index (χ1) is 14.3. The maximum atomic E-state index is 10.9. The zero-order chi connectivity index (χ0) is 24.7. The van der Waals surface area contributed by atoms with Crippen molar-refractivity contribution in [3.05, 3.63) is 58.7 Å². The highest BCUT2D eigenvalue weighted by atomic mass is 31.2. The second-order valence-electron chi connectivity index (χ2n) is 12.8. The summed E-state index contributed by atoms with van der Waals surface area (Å²) < 4.78 is 12.1. The van der Waals surface area contributed by atoms with Crippen molar-refractivity contribution < 1.29 is 13.9 Å². The van der Waals surface area contributed by atoms with Crippen molar-refractivity contribution in [1.82, 2.24) is 0 Å². The third-order valence-electron chi connectivity index (χ3n) is 5.66. The van der Waals surface area contributed by atoms with Crippen LogP contribution in [-0.4, -0.2) is 4.89 Å². The van der Waals surface area contributed by atoms with Crippen molar-refractivity contribution in [3.63, 3.8) is 0 Å². The largest absolute Gasteiger partial charge is 0.460 e. The normalized spacial score (nSPS) is 14.3. The molecule has 0 radical (unpaired) electrons.